The van der Waals surface area contributed by atoms with Crippen molar-refractivity contribution in [3.63, 3.8) is 0 Å². The maximum atomic E-state index is 2.54. The SMILES string of the molecule is Cc1ccc(-c2n(C)c3cccc4c3[n+]2CCC4(C)C)c(C)c1. The van der Waals surface area contributed by atoms with E-state index in [1.165, 1.54) is 45.5 Å². The van der Waals surface area contributed by atoms with Crippen molar-refractivity contribution in [2.75, 3.05) is 0 Å². The molecule has 0 amide bonds. The van der Waals surface area contributed by atoms with E-state index in [-0.39, 0.29) is 5.41 Å². The first-order chi connectivity index (χ1) is 10.9. The van der Waals surface area contributed by atoms with Crippen LogP contribution < -0.4 is 4.57 Å². The van der Waals surface area contributed by atoms with Crippen molar-refractivity contribution in [1.29, 1.82) is 0 Å². The van der Waals surface area contributed by atoms with Crippen molar-refractivity contribution in [3.8, 4) is 11.4 Å². The van der Waals surface area contributed by atoms with Gasteiger partial charge in [0.1, 0.15) is 0 Å². The summed E-state index contributed by atoms with van der Waals surface area (Å²) in [6.07, 6.45) is 1.19. The molecule has 23 heavy (non-hydrogen) atoms. The maximum absolute atomic E-state index is 2.54. The number of benzene rings is 2. The van der Waals surface area contributed by atoms with Gasteiger partial charge in [-0.05, 0) is 43.4 Å². The molecule has 4 rings (SSSR count). The highest BCUT2D eigenvalue weighted by molar-refractivity contribution is 5.81. The van der Waals surface area contributed by atoms with E-state index in [0.29, 0.717) is 0 Å². The Labute approximate surface area is 138 Å². The number of imidazole rings is 1. The summed E-state index contributed by atoms with van der Waals surface area (Å²) in [5, 5.41) is 0. The van der Waals surface area contributed by atoms with Crippen molar-refractivity contribution in [2.45, 2.75) is 46.1 Å². The third-order valence-electron chi connectivity index (χ3n) is 5.53. The van der Waals surface area contributed by atoms with Crippen LogP contribution in [-0.4, -0.2) is 4.57 Å². The van der Waals surface area contributed by atoms with Gasteiger partial charge in [0.15, 0.2) is 11.0 Å². The second kappa shape index (κ2) is 4.70. The van der Waals surface area contributed by atoms with Crippen molar-refractivity contribution >= 4 is 11.0 Å². The number of nitrogens with zero attached hydrogens (tertiary/aromatic N) is 2. The highest BCUT2D eigenvalue weighted by Gasteiger charge is 2.36. The van der Waals surface area contributed by atoms with Gasteiger partial charge in [-0.3, -0.25) is 0 Å². The standard InChI is InChI=1S/C21H25N2/c1-14-9-10-16(15(2)13-14)20-22(5)18-8-6-7-17-19(18)23(20)12-11-21(17,3)4/h6-10,13H,11-12H2,1-5H3/q+1. The molecule has 0 fully saturated rings. The first kappa shape index (κ1) is 14.5. The van der Waals surface area contributed by atoms with Gasteiger partial charge in [-0.1, -0.05) is 43.7 Å². The zero-order valence-electron chi connectivity index (χ0n) is 14.8. The molecule has 3 aromatic rings. The van der Waals surface area contributed by atoms with Crippen LogP contribution in [-0.2, 0) is 19.0 Å². The van der Waals surface area contributed by atoms with E-state index in [4.69, 9.17) is 0 Å². The predicted molar refractivity (Wildman–Crippen MR) is 95.7 cm³/mol. The summed E-state index contributed by atoms with van der Waals surface area (Å²) in [4.78, 5) is 0. The van der Waals surface area contributed by atoms with Gasteiger partial charge in [0, 0.05) is 5.56 Å². The zero-order chi connectivity index (χ0) is 16.4. The predicted octanol–water partition coefficient (Wildman–Crippen LogP) is 4.43. The molecular weight excluding hydrogens is 280 g/mol. The molecule has 0 radical (unpaired) electrons. The van der Waals surface area contributed by atoms with Crippen LogP contribution in [0.2, 0.25) is 0 Å². The Morgan fingerprint density at radius 2 is 1.87 bits per heavy atom. The Morgan fingerprint density at radius 1 is 1.09 bits per heavy atom. The second-order valence-electron chi connectivity index (χ2n) is 7.66. The average molecular weight is 305 g/mol. The number of hydrogen-bond donors (Lipinski definition) is 0. The normalized spacial score (nSPS) is 16.0. The van der Waals surface area contributed by atoms with Gasteiger partial charge in [0.05, 0.1) is 19.2 Å². The highest BCUT2D eigenvalue weighted by Crippen LogP contribution is 2.37. The molecule has 0 N–H and O–H groups in total. The Balaban J connectivity index is 2.11. The van der Waals surface area contributed by atoms with Crippen LogP contribution >= 0.6 is 0 Å². The Hall–Kier alpha value is -2.09. The van der Waals surface area contributed by atoms with Crippen molar-refractivity contribution in [1.82, 2.24) is 4.57 Å². The van der Waals surface area contributed by atoms with Crippen molar-refractivity contribution in [3.05, 3.63) is 53.1 Å². The van der Waals surface area contributed by atoms with E-state index in [9.17, 15) is 0 Å². The quantitative estimate of drug-likeness (QED) is 0.588. The first-order valence-corrected chi connectivity index (χ1v) is 8.49. The van der Waals surface area contributed by atoms with Crippen LogP contribution in [0.3, 0.4) is 0 Å². The van der Waals surface area contributed by atoms with Gasteiger partial charge in [-0.2, -0.15) is 0 Å². The van der Waals surface area contributed by atoms with Crippen LogP contribution in [0.25, 0.3) is 22.4 Å². The minimum atomic E-state index is 0.250. The lowest BCUT2D eigenvalue weighted by atomic mass is 9.79. The molecule has 0 saturated heterocycles. The van der Waals surface area contributed by atoms with Crippen LogP contribution in [0.1, 0.15) is 37.0 Å². The van der Waals surface area contributed by atoms with Gasteiger partial charge in [-0.25, -0.2) is 9.13 Å². The van der Waals surface area contributed by atoms with Gasteiger partial charge in [0.2, 0.25) is 0 Å². The fourth-order valence-electron chi connectivity index (χ4n) is 4.17. The summed E-state index contributed by atoms with van der Waals surface area (Å²) in [7, 11) is 2.20. The van der Waals surface area contributed by atoms with Gasteiger partial charge < -0.3 is 0 Å². The van der Waals surface area contributed by atoms with Crippen LogP contribution in [0, 0.1) is 13.8 Å². The number of para-hydroxylation sites is 1. The van der Waals surface area contributed by atoms with Crippen molar-refractivity contribution in [2.24, 2.45) is 7.05 Å². The number of aryl methyl sites for hydroxylation is 4. The van der Waals surface area contributed by atoms with E-state index in [1.54, 1.807) is 0 Å². The van der Waals surface area contributed by atoms with E-state index in [2.05, 4.69) is 80.3 Å². The fraction of sp³-hybridized carbons (Fsp3) is 0.381. The largest absolute Gasteiger partial charge is 0.289 e. The molecule has 2 aromatic carbocycles. The molecule has 2 nitrogen and oxygen atoms in total. The molecule has 0 unspecified atom stereocenters. The van der Waals surface area contributed by atoms with E-state index in [0.717, 1.165) is 6.54 Å². The molecule has 2 heteroatoms. The van der Waals surface area contributed by atoms with E-state index >= 15 is 0 Å². The summed E-state index contributed by atoms with van der Waals surface area (Å²) in [6, 6.07) is 13.6. The number of hydrogen-bond acceptors (Lipinski definition) is 0. The highest BCUT2D eigenvalue weighted by atomic mass is 15.2. The molecule has 0 saturated carbocycles. The summed E-state index contributed by atoms with van der Waals surface area (Å²) < 4.78 is 4.91. The van der Waals surface area contributed by atoms with E-state index < -0.39 is 0 Å². The minimum absolute atomic E-state index is 0.250. The Kier molecular flexibility index (Phi) is 2.96. The Morgan fingerprint density at radius 3 is 2.61 bits per heavy atom. The second-order valence-corrected chi connectivity index (χ2v) is 7.66. The topological polar surface area (TPSA) is 8.81 Å². The summed E-state index contributed by atoms with van der Waals surface area (Å²) >= 11 is 0. The van der Waals surface area contributed by atoms with Gasteiger partial charge in [-0.15, -0.1) is 0 Å². The molecule has 0 spiro atoms. The third kappa shape index (κ3) is 1.97. The molecule has 2 heterocycles. The lowest BCUT2D eigenvalue weighted by Crippen LogP contribution is -2.44. The summed E-state index contributed by atoms with van der Waals surface area (Å²) in [5.41, 5.74) is 8.51. The lowest BCUT2D eigenvalue weighted by molar-refractivity contribution is -0.665. The molecule has 0 bridgehead atoms. The number of aromatic nitrogens is 2. The maximum Gasteiger partial charge on any atom is 0.289 e. The van der Waals surface area contributed by atoms with Crippen LogP contribution in [0.15, 0.2) is 36.4 Å². The fourth-order valence-corrected chi connectivity index (χ4v) is 4.17. The van der Waals surface area contributed by atoms with Gasteiger partial charge >= 0.3 is 0 Å². The molecule has 0 atom stereocenters. The molecular formula is C21H25N2+. The van der Waals surface area contributed by atoms with Crippen molar-refractivity contribution < 1.29 is 4.57 Å². The molecule has 1 aromatic heterocycles. The lowest BCUT2D eigenvalue weighted by Gasteiger charge is -2.28. The zero-order valence-corrected chi connectivity index (χ0v) is 14.8. The smallest absolute Gasteiger partial charge is 0.226 e. The van der Waals surface area contributed by atoms with Crippen LogP contribution in [0.4, 0.5) is 0 Å². The molecule has 0 aliphatic carbocycles. The summed E-state index contributed by atoms with van der Waals surface area (Å²) in [6.45, 7) is 10.2. The van der Waals surface area contributed by atoms with Crippen LogP contribution in [0.5, 0.6) is 0 Å². The first-order valence-electron chi connectivity index (χ1n) is 8.49. The number of rotatable bonds is 1. The average Bonchev–Trinajstić information content (AvgIpc) is 2.78. The molecule has 118 valence electrons. The summed E-state index contributed by atoms with van der Waals surface area (Å²) in [5.74, 6) is 1.33. The Bertz CT molecular complexity index is 929. The minimum Gasteiger partial charge on any atom is -0.226 e. The molecule has 1 aliphatic rings. The van der Waals surface area contributed by atoms with Gasteiger partial charge in [0.25, 0.3) is 5.82 Å². The monoisotopic (exact) mass is 305 g/mol. The van der Waals surface area contributed by atoms with E-state index in [1.807, 2.05) is 0 Å². The molecule has 1 aliphatic heterocycles. The third-order valence-corrected chi connectivity index (χ3v) is 5.53.